The van der Waals surface area contributed by atoms with Crippen LogP contribution in [0, 0.1) is 0 Å². The predicted molar refractivity (Wildman–Crippen MR) is 73.6 cm³/mol. The molecule has 1 aliphatic rings. The first kappa shape index (κ1) is 15.7. The minimum Gasteiger partial charge on any atom is -0.460 e. The third kappa shape index (κ3) is 6.94. The number of esters is 1. The smallest absolute Gasteiger partial charge is 0.330 e. The van der Waals surface area contributed by atoms with E-state index in [0.717, 1.165) is 19.3 Å². The van der Waals surface area contributed by atoms with Crippen LogP contribution in [0.5, 0.6) is 0 Å². The lowest BCUT2D eigenvalue weighted by Crippen LogP contribution is -2.13. The van der Waals surface area contributed by atoms with Crippen LogP contribution in [0.25, 0.3) is 0 Å². The second-order valence-corrected chi connectivity index (χ2v) is 4.54. The van der Waals surface area contributed by atoms with E-state index in [1.807, 2.05) is 19.1 Å². The Morgan fingerprint density at radius 2 is 2.11 bits per heavy atom. The summed E-state index contributed by atoms with van der Waals surface area (Å²) in [6.45, 7) is 1.87. The van der Waals surface area contributed by atoms with Crippen molar-refractivity contribution in [2.75, 3.05) is 7.11 Å². The molecular formula is C15H22O4. The number of carbonyl (C=O) groups excluding carboxylic acids is 1. The molecule has 0 aromatic rings. The van der Waals surface area contributed by atoms with Crippen molar-refractivity contribution in [3.05, 3.63) is 36.5 Å². The number of allylic oxidation sites excluding steroid dienone is 1. The first-order chi connectivity index (χ1) is 9.11. The van der Waals surface area contributed by atoms with Crippen molar-refractivity contribution in [1.82, 2.24) is 0 Å². The number of hydrogen-bond donors (Lipinski definition) is 1. The zero-order chi connectivity index (χ0) is 14.1. The second kappa shape index (κ2) is 8.67. The van der Waals surface area contributed by atoms with Gasteiger partial charge in [-0.3, -0.25) is 0 Å². The fourth-order valence-corrected chi connectivity index (χ4v) is 1.74. The van der Waals surface area contributed by atoms with Gasteiger partial charge in [-0.1, -0.05) is 24.3 Å². The van der Waals surface area contributed by atoms with Crippen LogP contribution in [0.1, 0.15) is 26.2 Å². The molecule has 1 aliphatic heterocycles. The highest BCUT2D eigenvalue weighted by Gasteiger charge is 2.07. The quantitative estimate of drug-likeness (QED) is 0.583. The zero-order valence-electron chi connectivity index (χ0n) is 11.5. The molecule has 0 saturated carbocycles. The molecule has 0 radical (unpaired) electrons. The lowest BCUT2D eigenvalue weighted by Gasteiger charge is -2.12. The van der Waals surface area contributed by atoms with Gasteiger partial charge >= 0.3 is 5.97 Å². The van der Waals surface area contributed by atoms with E-state index in [4.69, 9.17) is 9.47 Å². The van der Waals surface area contributed by atoms with Crippen LogP contribution < -0.4 is 0 Å². The molecule has 1 rings (SSSR count). The summed E-state index contributed by atoms with van der Waals surface area (Å²) in [6, 6.07) is 0. The second-order valence-electron chi connectivity index (χ2n) is 4.54. The van der Waals surface area contributed by atoms with Gasteiger partial charge in [-0.25, -0.2) is 4.79 Å². The van der Waals surface area contributed by atoms with Crippen LogP contribution in [0.15, 0.2) is 36.5 Å². The lowest BCUT2D eigenvalue weighted by atomic mass is 10.1. The number of rotatable bonds is 1. The van der Waals surface area contributed by atoms with Crippen LogP contribution in [-0.2, 0) is 14.3 Å². The van der Waals surface area contributed by atoms with Crippen molar-refractivity contribution in [3.63, 3.8) is 0 Å². The standard InChI is InChI=1S/C15H22O4/c1-12-6-4-3-5-7-14(18-2)10-8-13(16)9-11-15(17)19-12/h5,7-14,16H,3-4,6H2,1-2H3/b7-5-,10-8-,11-9+/t12-,13-,14-/m0/s1. The van der Waals surface area contributed by atoms with Gasteiger partial charge in [0.05, 0.1) is 18.3 Å². The lowest BCUT2D eigenvalue weighted by molar-refractivity contribution is -0.142. The van der Waals surface area contributed by atoms with Crippen LogP contribution in [0.4, 0.5) is 0 Å². The molecule has 0 bridgehead atoms. The molecule has 0 aromatic heterocycles. The molecule has 1 N–H and O–H groups in total. The van der Waals surface area contributed by atoms with Crippen molar-refractivity contribution < 1.29 is 19.4 Å². The predicted octanol–water partition coefficient (Wildman–Crippen LogP) is 2.15. The van der Waals surface area contributed by atoms with Gasteiger partial charge in [0.1, 0.15) is 0 Å². The summed E-state index contributed by atoms with van der Waals surface area (Å²) < 4.78 is 10.4. The average molecular weight is 266 g/mol. The molecule has 0 saturated heterocycles. The maximum Gasteiger partial charge on any atom is 0.330 e. The fraction of sp³-hybridized carbons (Fsp3) is 0.533. The number of carbonyl (C=O) groups is 1. The minimum atomic E-state index is -0.822. The van der Waals surface area contributed by atoms with Gasteiger partial charge in [-0.2, -0.15) is 0 Å². The average Bonchev–Trinajstić information content (AvgIpc) is 2.38. The first-order valence-corrected chi connectivity index (χ1v) is 6.56. The molecule has 3 atom stereocenters. The Balaban J connectivity index is 2.73. The molecule has 0 unspecified atom stereocenters. The Hall–Kier alpha value is -1.39. The summed E-state index contributed by atoms with van der Waals surface area (Å²) in [5, 5.41) is 9.65. The van der Waals surface area contributed by atoms with Gasteiger partial charge in [-0.05, 0) is 32.3 Å². The summed E-state index contributed by atoms with van der Waals surface area (Å²) in [5.41, 5.74) is 0. The van der Waals surface area contributed by atoms with Crippen molar-refractivity contribution in [2.45, 2.75) is 44.5 Å². The van der Waals surface area contributed by atoms with Gasteiger partial charge in [-0.15, -0.1) is 0 Å². The van der Waals surface area contributed by atoms with Crippen LogP contribution in [0.3, 0.4) is 0 Å². The van der Waals surface area contributed by atoms with Crippen molar-refractivity contribution in [1.29, 1.82) is 0 Å². The van der Waals surface area contributed by atoms with E-state index >= 15 is 0 Å². The molecule has 0 aromatic carbocycles. The summed E-state index contributed by atoms with van der Waals surface area (Å²) in [4.78, 5) is 11.4. The van der Waals surface area contributed by atoms with Gasteiger partial charge in [0, 0.05) is 13.2 Å². The van der Waals surface area contributed by atoms with E-state index < -0.39 is 12.1 Å². The Morgan fingerprint density at radius 3 is 2.84 bits per heavy atom. The SMILES string of the molecule is CO[C@H]1/C=C\CCC[C@H](C)OC(=O)/C=C/[C@@H](O)/C=C\1. The van der Waals surface area contributed by atoms with E-state index in [1.54, 1.807) is 19.3 Å². The normalized spacial score (nSPS) is 34.9. The highest BCUT2D eigenvalue weighted by atomic mass is 16.5. The molecule has 0 fully saturated rings. The molecule has 0 spiro atoms. The molecular weight excluding hydrogens is 244 g/mol. The summed E-state index contributed by atoms with van der Waals surface area (Å²) in [7, 11) is 1.62. The molecule has 0 aliphatic carbocycles. The maximum absolute atomic E-state index is 11.4. The first-order valence-electron chi connectivity index (χ1n) is 6.56. The molecule has 19 heavy (non-hydrogen) atoms. The van der Waals surface area contributed by atoms with E-state index in [2.05, 4.69) is 0 Å². The summed E-state index contributed by atoms with van der Waals surface area (Å²) in [6.07, 6.45) is 11.6. The number of aliphatic hydroxyl groups excluding tert-OH is 1. The molecule has 4 heteroatoms. The number of aliphatic hydroxyl groups is 1. The highest BCUT2D eigenvalue weighted by Crippen LogP contribution is 2.08. The van der Waals surface area contributed by atoms with Crippen molar-refractivity contribution >= 4 is 5.97 Å². The number of cyclic esters (lactones) is 1. The zero-order valence-corrected chi connectivity index (χ0v) is 11.5. The van der Waals surface area contributed by atoms with Crippen molar-refractivity contribution in [3.8, 4) is 0 Å². The minimum absolute atomic E-state index is 0.112. The highest BCUT2D eigenvalue weighted by molar-refractivity contribution is 5.82. The Morgan fingerprint density at radius 1 is 1.32 bits per heavy atom. The van der Waals surface area contributed by atoms with Crippen molar-refractivity contribution in [2.24, 2.45) is 0 Å². The topological polar surface area (TPSA) is 55.8 Å². The monoisotopic (exact) mass is 266 g/mol. The van der Waals surface area contributed by atoms with Gasteiger partial charge in [0.15, 0.2) is 0 Å². The third-order valence-electron chi connectivity index (χ3n) is 2.82. The summed E-state index contributed by atoms with van der Waals surface area (Å²) >= 11 is 0. The number of hydrogen-bond acceptors (Lipinski definition) is 4. The Bertz CT molecular complexity index is 357. The van der Waals surface area contributed by atoms with Crippen LogP contribution in [0.2, 0.25) is 0 Å². The van der Waals surface area contributed by atoms with Gasteiger partial charge < -0.3 is 14.6 Å². The Labute approximate surface area is 114 Å². The molecule has 106 valence electrons. The van der Waals surface area contributed by atoms with Crippen LogP contribution >= 0.6 is 0 Å². The largest absolute Gasteiger partial charge is 0.460 e. The van der Waals surface area contributed by atoms with E-state index in [1.165, 1.54) is 12.2 Å². The summed E-state index contributed by atoms with van der Waals surface area (Å²) in [5.74, 6) is -0.421. The third-order valence-corrected chi connectivity index (χ3v) is 2.82. The number of ether oxygens (including phenoxy) is 2. The fourth-order valence-electron chi connectivity index (χ4n) is 1.74. The molecule has 0 amide bonds. The molecule has 1 heterocycles. The van der Waals surface area contributed by atoms with Gasteiger partial charge in [0.2, 0.25) is 0 Å². The van der Waals surface area contributed by atoms with Crippen LogP contribution in [-0.4, -0.2) is 36.5 Å². The molecule has 4 nitrogen and oxygen atoms in total. The van der Waals surface area contributed by atoms with E-state index in [0.29, 0.717) is 0 Å². The van der Waals surface area contributed by atoms with E-state index in [9.17, 15) is 9.90 Å². The Kier molecular flexibility index (Phi) is 7.15. The van der Waals surface area contributed by atoms with E-state index in [-0.39, 0.29) is 12.2 Å². The maximum atomic E-state index is 11.4. The number of methoxy groups -OCH3 is 1. The van der Waals surface area contributed by atoms with Gasteiger partial charge in [0.25, 0.3) is 0 Å².